The lowest BCUT2D eigenvalue weighted by atomic mass is 9.81. The minimum Gasteiger partial charge on any atom is -0.326 e. The lowest BCUT2D eigenvalue weighted by molar-refractivity contribution is -0.131. The zero-order chi connectivity index (χ0) is 15.3. The van der Waals surface area contributed by atoms with E-state index in [1.807, 2.05) is 18.2 Å². The maximum Gasteiger partial charge on any atom is 0.233 e. The maximum absolute atomic E-state index is 12.4. The van der Waals surface area contributed by atoms with Crippen molar-refractivity contribution in [3.63, 3.8) is 0 Å². The van der Waals surface area contributed by atoms with Crippen LogP contribution in [0.15, 0.2) is 29.2 Å². The number of nitrogens with zero attached hydrogens (tertiary/aromatic N) is 2. The predicted molar refractivity (Wildman–Crippen MR) is 86.1 cm³/mol. The van der Waals surface area contributed by atoms with Gasteiger partial charge in [0, 0.05) is 11.9 Å². The van der Waals surface area contributed by atoms with Gasteiger partial charge < -0.3 is 4.90 Å². The fourth-order valence-electron chi connectivity index (χ4n) is 2.85. The number of benzene rings is 1. The van der Waals surface area contributed by atoms with Gasteiger partial charge in [0.1, 0.15) is 5.54 Å². The van der Waals surface area contributed by atoms with Crippen LogP contribution < -0.4 is 0 Å². The van der Waals surface area contributed by atoms with Gasteiger partial charge in [0.15, 0.2) is 0 Å². The van der Waals surface area contributed by atoms with E-state index in [-0.39, 0.29) is 5.91 Å². The topological polar surface area (TPSA) is 44.1 Å². The number of carbonyl (C=O) groups is 1. The molecule has 0 bridgehead atoms. The fourth-order valence-corrected chi connectivity index (χ4v) is 3.80. The van der Waals surface area contributed by atoms with E-state index in [9.17, 15) is 10.1 Å². The number of carbonyl (C=O) groups excluding carboxylic acids is 1. The predicted octanol–water partition coefficient (Wildman–Crippen LogP) is 3.77. The van der Waals surface area contributed by atoms with Crippen molar-refractivity contribution in [2.24, 2.45) is 0 Å². The fraction of sp³-hybridized carbons (Fsp3) is 0.529. The van der Waals surface area contributed by atoms with Crippen molar-refractivity contribution < 1.29 is 4.79 Å². The molecule has 4 heteroatoms. The van der Waals surface area contributed by atoms with Gasteiger partial charge >= 0.3 is 0 Å². The van der Waals surface area contributed by atoms with Gasteiger partial charge in [-0.15, -0.1) is 11.8 Å². The molecule has 1 aromatic rings. The summed E-state index contributed by atoms with van der Waals surface area (Å²) >= 11 is 1.56. The van der Waals surface area contributed by atoms with Crippen molar-refractivity contribution in [1.29, 1.82) is 5.26 Å². The van der Waals surface area contributed by atoms with E-state index >= 15 is 0 Å². The lowest BCUT2D eigenvalue weighted by Crippen LogP contribution is -2.50. The molecule has 1 amide bonds. The molecule has 1 aliphatic carbocycles. The van der Waals surface area contributed by atoms with Gasteiger partial charge in [-0.2, -0.15) is 5.26 Å². The number of aryl methyl sites for hydroxylation is 1. The molecule has 0 heterocycles. The molecule has 2 rings (SSSR count). The average molecular weight is 302 g/mol. The number of nitriles is 1. The van der Waals surface area contributed by atoms with Crippen LogP contribution in [0.25, 0.3) is 0 Å². The van der Waals surface area contributed by atoms with Crippen LogP contribution in [-0.4, -0.2) is 29.1 Å². The molecule has 0 radical (unpaired) electrons. The van der Waals surface area contributed by atoms with Crippen molar-refractivity contribution in [3.05, 3.63) is 29.8 Å². The first-order valence-corrected chi connectivity index (χ1v) is 8.44. The van der Waals surface area contributed by atoms with Crippen molar-refractivity contribution in [1.82, 2.24) is 4.90 Å². The summed E-state index contributed by atoms with van der Waals surface area (Å²) in [5.41, 5.74) is 0.604. The third-order valence-corrected chi connectivity index (χ3v) is 5.51. The smallest absolute Gasteiger partial charge is 0.233 e. The molecule has 1 aliphatic rings. The lowest BCUT2D eigenvalue weighted by Gasteiger charge is -2.39. The Morgan fingerprint density at radius 1 is 1.33 bits per heavy atom. The summed E-state index contributed by atoms with van der Waals surface area (Å²) in [7, 11) is 1.79. The molecule has 0 saturated heterocycles. The summed E-state index contributed by atoms with van der Waals surface area (Å²) in [5, 5.41) is 9.54. The summed E-state index contributed by atoms with van der Waals surface area (Å²) in [6.07, 6.45) is 4.86. The van der Waals surface area contributed by atoms with E-state index in [4.69, 9.17) is 0 Å². The molecule has 0 aromatic heterocycles. The summed E-state index contributed by atoms with van der Waals surface area (Å²) in [4.78, 5) is 15.3. The zero-order valence-electron chi connectivity index (χ0n) is 12.8. The molecule has 0 N–H and O–H groups in total. The van der Waals surface area contributed by atoms with Crippen LogP contribution in [0.2, 0.25) is 0 Å². The van der Waals surface area contributed by atoms with Crippen LogP contribution in [0.4, 0.5) is 0 Å². The van der Waals surface area contributed by atoms with Crippen molar-refractivity contribution >= 4 is 17.7 Å². The summed E-state index contributed by atoms with van der Waals surface area (Å²) in [5.74, 6) is 0.442. The largest absolute Gasteiger partial charge is 0.326 e. The molecule has 112 valence electrons. The Morgan fingerprint density at radius 3 is 2.62 bits per heavy atom. The van der Waals surface area contributed by atoms with E-state index in [1.54, 1.807) is 23.7 Å². The zero-order valence-corrected chi connectivity index (χ0v) is 13.6. The van der Waals surface area contributed by atoms with Crippen LogP contribution in [0, 0.1) is 18.3 Å². The molecule has 0 spiro atoms. The van der Waals surface area contributed by atoms with Crippen LogP contribution in [0.1, 0.15) is 37.7 Å². The third kappa shape index (κ3) is 3.59. The van der Waals surface area contributed by atoms with Gasteiger partial charge in [0.2, 0.25) is 5.91 Å². The second-order valence-electron chi connectivity index (χ2n) is 5.71. The number of amides is 1. The Hall–Kier alpha value is -1.47. The minimum atomic E-state index is -0.582. The molecular weight excluding hydrogens is 280 g/mol. The standard InChI is InChI=1S/C17H22N2OS/c1-14-8-4-5-9-15(14)21-12-16(20)19(2)17(13-18)10-6-3-7-11-17/h4-5,8-9H,3,6-7,10-12H2,1-2H3. The number of hydrogen-bond acceptors (Lipinski definition) is 3. The van der Waals surface area contributed by atoms with Gasteiger partial charge in [-0.05, 0) is 31.4 Å². The molecule has 3 nitrogen and oxygen atoms in total. The summed E-state index contributed by atoms with van der Waals surface area (Å²) in [6.45, 7) is 2.05. The molecular formula is C17H22N2OS. The van der Waals surface area contributed by atoms with Gasteiger partial charge in [-0.1, -0.05) is 37.5 Å². The Kier molecular flexibility index (Phi) is 5.30. The van der Waals surface area contributed by atoms with Crippen molar-refractivity contribution in [3.8, 4) is 6.07 Å². The highest BCUT2D eigenvalue weighted by Gasteiger charge is 2.38. The van der Waals surface area contributed by atoms with Crippen molar-refractivity contribution in [2.45, 2.75) is 49.5 Å². The molecule has 0 aliphatic heterocycles. The van der Waals surface area contributed by atoms with Crippen LogP contribution in [-0.2, 0) is 4.79 Å². The van der Waals surface area contributed by atoms with E-state index in [1.165, 1.54) is 12.0 Å². The Labute approximate surface area is 131 Å². The molecule has 1 fully saturated rings. The van der Waals surface area contributed by atoms with E-state index in [0.29, 0.717) is 5.75 Å². The van der Waals surface area contributed by atoms with E-state index in [2.05, 4.69) is 19.1 Å². The molecule has 0 unspecified atom stereocenters. The normalized spacial score (nSPS) is 17.0. The highest BCUT2D eigenvalue weighted by molar-refractivity contribution is 8.00. The van der Waals surface area contributed by atoms with Gasteiger partial charge in [0.25, 0.3) is 0 Å². The number of thioether (sulfide) groups is 1. The number of rotatable bonds is 4. The van der Waals surface area contributed by atoms with Gasteiger partial charge in [-0.25, -0.2) is 0 Å². The van der Waals surface area contributed by atoms with E-state index < -0.39 is 5.54 Å². The highest BCUT2D eigenvalue weighted by atomic mass is 32.2. The first-order chi connectivity index (χ1) is 10.1. The first-order valence-electron chi connectivity index (χ1n) is 7.45. The molecule has 1 aromatic carbocycles. The van der Waals surface area contributed by atoms with Crippen molar-refractivity contribution in [2.75, 3.05) is 12.8 Å². The monoisotopic (exact) mass is 302 g/mol. The van der Waals surface area contributed by atoms with Gasteiger partial charge in [-0.3, -0.25) is 4.79 Å². The molecule has 0 atom stereocenters. The average Bonchev–Trinajstić information content (AvgIpc) is 2.53. The quantitative estimate of drug-likeness (QED) is 0.795. The van der Waals surface area contributed by atoms with E-state index in [0.717, 1.165) is 30.6 Å². The SMILES string of the molecule is Cc1ccccc1SCC(=O)N(C)C1(C#N)CCCCC1. The minimum absolute atomic E-state index is 0.0479. The Morgan fingerprint density at radius 2 is 2.00 bits per heavy atom. The first kappa shape index (κ1) is 15.9. The molecule has 21 heavy (non-hydrogen) atoms. The van der Waals surface area contributed by atoms with Crippen LogP contribution in [0.3, 0.4) is 0 Å². The van der Waals surface area contributed by atoms with Crippen LogP contribution in [0.5, 0.6) is 0 Å². The second kappa shape index (κ2) is 7.00. The third-order valence-electron chi connectivity index (χ3n) is 4.35. The highest BCUT2D eigenvalue weighted by Crippen LogP contribution is 2.33. The Balaban J connectivity index is 1.99. The van der Waals surface area contributed by atoms with Gasteiger partial charge in [0.05, 0.1) is 11.8 Å². The maximum atomic E-state index is 12.4. The van der Waals surface area contributed by atoms with Crippen LogP contribution >= 0.6 is 11.8 Å². The summed E-state index contributed by atoms with van der Waals surface area (Å²) in [6, 6.07) is 10.5. The number of hydrogen-bond donors (Lipinski definition) is 0. The Bertz CT molecular complexity index is 544. The second-order valence-corrected chi connectivity index (χ2v) is 6.73. The summed E-state index contributed by atoms with van der Waals surface area (Å²) < 4.78 is 0. The molecule has 1 saturated carbocycles.